The van der Waals surface area contributed by atoms with Gasteiger partial charge in [0, 0.05) is 17.9 Å². The van der Waals surface area contributed by atoms with Gasteiger partial charge in [0.2, 0.25) is 0 Å². The van der Waals surface area contributed by atoms with Crippen LogP contribution in [0.2, 0.25) is 0 Å². The molecule has 0 N–H and O–H groups in total. The summed E-state index contributed by atoms with van der Waals surface area (Å²) in [5, 5.41) is 3.13. The molecule has 0 bridgehead atoms. The van der Waals surface area contributed by atoms with E-state index in [1.54, 1.807) is 17.6 Å². The summed E-state index contributed by atoms with van der Waals surface area (Å²) in [6.45, 7) is 5.13. The van der Waals surface area contributed by atoms with Crippen molar-refractivity contribution in [1.29, 1.82) is 0 Å². The third-order valence-corrected chi connectivity index (χ3v) is 4.24. The van der Waals surface area contributed by atoms with Gasteiger partial charge in [0.25, 0.3) is 0 Å². The van der Waals surface area contributed by atoms with Gasteiger partial charge in [-0.25, -0.2) is 4.98 Å². The molecular weight excluding hydrogens is 246 g/mol. The van der Waals surface area contributed by atoms with Gasteiger partial charge in [-0.2, -0.15) is 0 Å². The maximum absolute atomic E-state index is 5.75. The number of furan rings is 1. The topological polar surface area (TPSA) is 35.3 Å². The third kappa shape index (κ3) is 2.35. The summed E-state index contributed by atoms with van der Waals surface area (Å²) in [6, 6.07) is 3.85. The van der Waals surface area contributed by atoms with Crippen molar-refractivity contribution in [3.8, 4) is 10.8 Å². The van der Waals surface area contributed by atoms with Crippen LogP contribution in [-0.4, -0.2) is 17.2 Å². The highest BCUT2D eigenvalue weighted by atomic mass is 32.1. The molecule has 18 heavy (non-hydrogen) atoms. The Kier molecular flexibility index (Phi) is 2.99. The second kappa shape index (κ2) is 4.52. The Hall–Kier alpha value is -1.13. The summed E-state index contributed by atoms with van der Waals surface area (Å²) >= 11 is 1.66. The predicted octanol–water partition coefficient (Wildman–Crippen LogP) is 4.08. The maximum Gasteiger partial charge on any atom is 0.162 e. The maximum atomic E-state index is 5.75. The lowest BCUT2D eigenvalue weighted by molar-refractivity contribution is -0.0597. The highest BCUT2D eigenvalue weighted by Crippen LogP contribution is 2.37. The second-order valence-corrected chi connectivity index (χ2v) is 6.21. The molecular formula is C14H17NO2S. The molecule has 96 valence electrons. The fraction of sp³-hybridized carbons (Fsp3) is 0.500. The monoisotopic (exact) mass is 263 g/mol. The number of rotatable bonds is 2. The molecule has 1 aliphatic rings. The molecule has 0 saturated carbocycles. The summed E-state index contributed by atoms with van der Waals surface area (Å²) in [7, 11) is 0. The standard InChI is InChI=1S/C14H17NO2S/c1-14(2)8-10(5-7-17-14)11-9-18-13(15-11)12-4-3-6-16-12/h3-4,6,9-10H,5,7-8H2,1-2H3. The minimum Gasteiger partial charge on any atom is -0.462 e. The summed E-state index contributed by atoms with van der Waals surface area (Å²) in [4.78, 5) is 4.71. The predicted molar refractivity (Wildman–Crippen MR) is 71.8 cm³/mol. The van der Waals surface area contributed by atoms with Crippen molar-refractivity contribution >= 4 is 11.3 Å². The van der Waals surface area contributed by atoms with Crippen LogP contribution in [0.4, 0.5) is 0 Å². The van der Waals surface area contributed by atoms with Crippen LogP contribution in [0.25, 0.3) is 10.8 Å². The normalized spacial score (nSPS) is 23.1. The third-order valence-electron chi connectivity index (χ3n) is 3.37. The number of ether oxygens (including phenoxy) is 1. The molecule has 1 aliphatic heterocycles. The number of aromatic nitrogens is 1. The molecule has 3 rings (SSSR count). The van der Waals surface area contributed by atoms with Crippen molar-refractivity contribution in [2.45, 2.75) is 38.2 Å². The number of nitrogens with zero attached hydrogens (tertiary/aromatic N) is 1. The van der Waals surface area contributed by atoms with Crippen molar-refractivity contribution in [2.75, 3.05) is 6.61 Å². The zero-order valence-corrected chi connectivity index (χ0v) is 11.5. The Labute approximate surface area is 111 Å². The molecule has 4 heteroatoms. The average Bonchev–Trinajstić information content (AvgIpc) is 2.99. The number of thiazole rings is 1. The van der Waals surface area contributed by atoms with Crippen LogP contribution in [0.3, 0.4) is 0 Å². The molecule has 0 radical (unpaired) electrons. The minimum absolute atomic E-state index is 0.0304. The quantitative estimate of drug-likeness (QED) is 0.819. The van der Waals surface area contributed by atoms with Crippen LogP contribution in [-0.2, 0) is 4.74 Å². The Morgan fingerprint density at radius 1 is 1.44 bits per heavy atom. The van der Waals surface area contributed by atoms with E-state index in [9.17, 15) is 0 Å². The summed E-state index contributed by atoms with van der Waals surface area (Å²) < 4.78 is 11.1. The first-order valence-electron chi connectivity index (χ1n) is 6.27. The Morgan fingerprint density at radius 2 is 2.33 bits per heavy atom. The molecule has 1 atom stereocenters. The molecule has 3 heterocycles. The van der Waals surface area contributed by atoms with Crippen molar-refractivity contribution in [1.82, 2.24) is 4.98 Å². The average molecular weight is 263 g/mol. The van der Waals surface area contributed by atoms with E-state index in [1.807, 2.05) is 12.1 Å². The van der Waals surface area contributed by atoms with Crippen LogP contribution in [0.1, 0.15) is 38.3 Å². The van der Waals surface area contributed by atoms with Crippen LogP contribution in [0.15, 0.2) is 28.2 Å². The van der Waals surface area contributed by atoms with Gasteiger partial charge in [-0.1, -0.05) is 0 Å². The highest BCUT2D eigenvalue weighted by Gasteiger charge is 2.31. The first-order valence-corrected chi connectivity index (χ1v) is 7.15. The van der Waals surface area contributed by atoms with Crippen molar-refractivity contribution in [3.05, 3.63) is 29.5 Å². The Balaban J connectivity index is 1.81. The van der Waals surface area contributed by atoms with Crippen LogP contribution < -0.4 is 0 Å². The highest BCUT2D eigenvalue weighted by molar-refractivity contribution is 7.13. The Bertz CT molecular complexity index is 516. The Morgan fingerprint density at radius 3 is 3.06 bits per heavy atom. The van der Waals surface area contributed by atoms with E-state index < -0.39 is 0 Å². The van der Waals surface area contributed by atoms with Crippen molar-refractivity contribution < 1.29 is 9.15 Å². The van der Waals surface area contributed by atoms with Gasteiger partial charge in [-0.15, -0.1) is 11.3 Å². The van der Waals surface area contributed by atoms with Gasteiger partial charge in [-0.3, -0.25) is 0 Å². The molecule has 3 nitrogen and oxygen atoms in total. The fourth-order valence-electron chi connectivity index (χ4n) is 2.47. The van der Waals surface area contributed by atoms with Crippen molar-refractivity contribution in [3.63, 3.8) is 0 Å². The zero-order chi connectivity index (χ0) is 12.6. The molecule has 1 saturated heterocycles. The SMILES string of the molecule is CC1(C)CC(c2csc(-c3ccco3)n2)CCO1. The zero-order valence-electron chi connectivity index (χ0n) is 10.7. The molecule has 2 aromatic rings. The summed E-state index contributed by atoms with van der Waals surface area (Å²) in [5.74, 6) is 1.37. The smallest absolute Gasteiger partial charge is 0.162 e. The van der Waals surface area contributed by atoms with E-state index in [-0.39, 0.29) is 5.60 Å². The van der Waals surface area contributed by atoms with Gasteiger partial charge >= 0.3 is 0 Å². The van der Waals surface area contributed by atoms with Gasteiger partial charge in [0.1, 0.15) is 0 Å². The van der Waals surface area contributed by atoms with Gasteiger partial charge in [-0.05, 0) is 38.8 Å². The number of hydrogen-bond acceptors (Lipinski definition) is 4. The first-order chi connectivity index (χ1) is 8.64. The van der Waals surface area contributed by atoms with E-state index in [0.717, 1.165) is 30.2 Å². The summed E-state index contributed by atoms with van der Waals surface area (Å²) in [5.41, 5.74) is 1.15. The van der Waals surface area contributed by atoms with E-state index in [4.69, 9.17) is 14.1 Å². The van der Waals surface area contributed by atoms with Crippen LogP contribution >= 0.6 is 11.3 Å². The molecule has 0 aliphatic carbocycles. The van der Waals surface area contributed by atoms with Gasteiger partial charge < -0.3 is 9.15 Å². The van der Waals surface area contributed by atoms with Crippen LogP contribution in [0.5, 0.6) is 0 Å². The minimum atomic E-state index is -0.0304. The van der Waals surface area contributed by atoms with Crippen molar-refractivity contribution in [2.24, 2.45) is 0 Å². The lowest BCUT2D eigenvalue weighted by Crippen LogP contribution is -2.33. The lowest BCUT2D eigenvalue weighted by atomic mass is 9.87. The molecule has 2 aromatic heterocycles. The largest absolute Gasteiger partial charge is 0.462 e. The van der Waals surface area contributed by atoms with E-state index in [0.29, 0.717) is 5.92 Å². The van der Waals surface area contributed by atoms with Gasteiger partial charge in [0.15, 0.2) is 10.8 Å². The second-order valence-electron chi connectivity index (χ2n) is 5.35. The fourth-order valence-corrected chi connectivity index (χ4v) is 3.34. The van der Waals surface area contributed by atoms with E-state index in [2.05, 4.69) is 19.2 Å². The molecule has 0 aromatic carbocycles. The molecule has 1 fully saturated rings. The summed E-state index contributed by atoms with van der Waals surface area (Å²) in [6.07, 6.45) is 3.78. The first kappa shape index (κ1) is 11.9. The lowest BCUT2D eigenvalue weighted by Gasteiger charge is -2.34. The van der Waals surface area contributed by atoms with Gasteiger partial charge in [0.05, 0.1) is 17.6 Å². The molecule has 0 spiro atoms. The number of hydrogen-bond donors (Lipinski definition) is 0. The molecule has 1 unspecified atom stereocenters. The van der Waals surface area contributed by atoms with Crippen LogP contribution in [0, 0.1) is 0 Å². The van der Waals surface area contributed by atoms with E-state index >= 15 is 0 Å². The van der Waals surface area contributed by atoms with E-state index in [1.165, 1.54) is 5.69 Å². The molecule has 0 amide bonds.